The topological polar surface area (TPSA) is 88.4 Å². The lowest BCUT2D eigenvalue weighted by atomic mass is 9.78. The van der Waals surface area contributed by atoms with Gasteiger partial charge in [0, 0.05) is 34.4 Å². The molecule has 1 atom stereocenters. The quantitative estimate of drug-likeness (QED) is 0.347. The molecule has 8 heteroatoms. The van der Waals surface area contributed by atoms with Gasteiger partial charge in [-0.05, 0) is 35.4 Å². The molecule has 0 radical (unpaired) electrons. The van der Waals surface area contributed by atoms with Crippen LogP contribution in [0.15, 0.2) is 41.6 Å². The van der Waals surface area contributed by atoms with E-state index in [0.29, 0.717) is 22.4 Å². The lowest BCUT2D eigenvalue weighted by Crippen LogP contribution is -2.37. The Balaban J connectivity index is 2.02. The molecule has 0 fully saturated rings. The number of thioether (sulfide) groups is 1. The Bertz CT molecular complexity index is 1310. The number of fused-ring (bicyclic) bond motifs is 3. The number of phenolic OH excluding ortho intramolecular Hbond substituents is 1. The Hall–Kier alpha value is -3.13. The fraction of sp³-hybridized carbons (Fsp3) is 0.467. The Kier molecular flexibility index (Phi) is 7.75. The zero-order chi connectivity index (χ0) is 27.8. The molecule has 4 rings (SSSR count). The van der Waals surface area contributed by atoms with Crippen molar-refractivity contribution in [2.45, 2.75) is 90.4 Å². The summed E-state index contributed by atoms with van der Waals surface area (Å²) in [5.41, 5.74) is 3.62. The highest BCUT2D eigenvalue weighted by Crippen LogP contribution is 2.46. The third-order valence-electron chi connectivity index (χ3n) is 6.55. The van der Waals surface area contributed by atoms with Crippen LogP contribution in [0.1, 0.15) is 91.1 Å². The number of anilines is 1. The van der Waals surface area contributed by atoms with Gasteiger partial charge in [-0.3, -0.25) is 9.69 Å². The second kappa shape index (κ2) is 10.6. The molecule has 0 saturated carbocycles. The minimum atomic E-state index is -0.812. The van der Waals surface area contributed by atoms with Gasteiger partial charge < -0.3 is 9.84 Å². The summed E-state index contributed by atoms with van der Waals surface area (Å²) in [5, 5.41) is 20.7. The van der Waals surface area contributed by atoms with E-state index < -0.39 is 6.23 Å². The molecule has 202 valence electrons. The highest BCUT2D eigenvalue weighted by molar-refractivity contribution is 7.99. The van der Waals surface area contributed by atoms with Crippen molar-refractivity contribution < 1.29 is 14.6 Å². The van der Waals surface area contributed by atoms with Gasteiger partial charge in [0.1, 0.15) is 5.75 Å². The van der Waals surface area contributed by atoms with E-state index in [1.54, 1.807) is 4.90 Å². The van der Waals surface area contributed by atoms with Crippen LogP contribution < -0.4 is 9.64 Å². The van der Waals surface area contributed by atoms with Gasteiger partial charge in [-0.15, -0.1) is 10.2 Å². The minimum absolute atomic E-state index is 0.0912. The van der Waals surface area contributed by atoms with E-state index in [0.717, 1.165) is 34.4 Å². The van der Waals surface area contributed by atoms with Crippen molar-refractivity contribution in [2.24, 2.45) is 0 Å². The lowest BCUT2D eigenvalue weighted by Gasteiger charge is -2.34. The molecule has 0 aliphatic carbocycles. The lowest BCUT2D eigenvalue weighted by molar-refractivity contribution is -0.120. The smallest absolute Gasteiger partial charge is 0.247 e. The second-order valence-corrected chi connectivity index (χ2v) is 12.7. The first kappa shape index (κ1) is 27.9. The van der Waals surface area contributed by atoms with Crippen molar-refractivity contribution in [1.82, 2.24) is 15.2 Å². The van der Waals surface area contributed by atoms with Gasteiger partial charge in [0.2, 0.25) is 23.2 Å². The molecule has 0 spiro atoms. The van der Waals surface area contributed by atoms with Crippen LogP contribution in [-0.2, 0) is 15.6 Å². The number of aromatic hydroxyl groups is 1. The normalized spacial score (nSPS) is 15.4. The fourth-order valence-corrected chi connectivity index (χ4v) is 5.20. The molecule has 1 aromatic heterocycles. The Morgan fingerprint density at radius 3 is 2.24 bits per heavy atom. The van der Waals surface area contributed by atoms with E-state index in [-0.39, 0.29) is 28.9 Å². The first-order valence-corrected chi connectivity index (χ1v) is 14.2. The highest BCUT2D eigenvalue weighted by atomic mass is 32.2. The van der Waals surface area contributed by atoms with Crippen LogP contribution in [0.25, 0.3) is 11.3 Å². The summed E-state index contributed by atoms with van der Waals surface area (Å²) in [5.74, 6) is 1.39. The van der Waals surface area contributed by atoms with E-state index >= 15 is 0 Å². The predicted molar refractivity (Wildman–Crippen MR) is 153 cm³/mol. The number of nitrogens with zero attached hydrogens (tertiary/aromatic N) is 4. The maximum absolute atomic E-state index is 13.6. The van der Waals surface area contributed by atoms with Crippen LogP contribution in [0.3, 0.4) is 0 Å². The number of hydrogen-bond acceptors (Lipinski definition) is 7. The molecule has 0 bridgehead atoms. The Morgan fingerprint density at radius 2 is 1.66 bits per heavy atom. The number of phenols is 1. The molecule has 0 unspecified atom stereocenters. The summed E-state index contributed by atoms with van der Waals surface area (Å²) in [7, 11) is 0. The number of benzene rings is 2. The second-order valence-electron chi connectivity index (χ2n) is 11.7. The third-order valence-corrected chi connectivity index (χ3v) is 7.60. The van der Waals surface area contributed by atoms with E-state index in [1.807, 2.05) is 43.3 Å². The van der Waals surface area contributed by atoms with Crippen LogP contribution in [0, 0.1) is 0 Å². The summed E-state index contributed by atoms with van der Waals surface area (Å²) >= 11 is 1.53. The number of carbonyl (C=O) groups is 1. The maximum atomic E-state index is 13.6. The van der Waals surface area contributed by atoms with Crippen LogP contribution in [0.5, 0.6) is 11.6 Å². The van der Waals surface area contributed by atoms with E-state index in [4.69, 9.17) is 9.72 Å². The van der Waals surface area contributed by atoms with Crippen molar-refractivity contribution in [3.63, 3.8) is 0 Å². The SMILES string of the molecule is CCCSc1nnc2c(n1)O[C@H](c1cc(C(C)(C)C)c(O)c(C(C)(C)C)c1)N(C(=O)CC)c1ccccc1-2. The molecule has 0 saturated heterocycles. The number of amides is 1. The summed E-state index contributed by atoms with van der Waals surface area (Å²) in [6.07, 6.45) is 0.459. The van der Waals surface area contributed by atoms with Gasteiger partial charge in [0.25, 0.3) is 0 Å². The third kappa shape index (κ3) is 5.37. The van der Waals surface area contributed by atoms with E-state index in [9.17, 15) is 9.90 Å². The van der Waals surface area contributed by atoms with Gasteiger partial charge in [0.05, 0.1) is 5.69 Å². The molecule has 1 amide bonds. The number of carbonyl (C=O) groups excluding carboxylic acids is 1. The number of rotatable bonds is 5. The fourth-order valence-electron chi connectivity index (χ4n) is 4.57. The van der Waals surface area contributed by atoms with E-state index in [2.05, 4.69) is 58.7 Å². The molecular weight excluding hydrogens is 496 g/mol. The van der Waals surface area contributed by atoms with Crippen molar-refractivity contribution >= 4 is 23.4 Å². The van der Waals surface area contributed by atoms with Gasteiger partial charge in [-0.25, -0.2) is 0 Å². The van der Waals surface area contributed by atoms with Gasteiger partial charge in [-0.1, -0.05) is 85.4 Å². The van der Waals surface area contributed by atoms with Gasteiger partial charge in [0.15, 0.2) is 5.69 Å². The average Bonchev–Trinajstić information content (AvgIpc) is 3.00. The number of para-hydroxylation sites is 1. The van der Waals surface area contributed by atoms with Gasteiger partial charge in [-0.2, -0.15) is 4.98 Å². The monoisotopic (exact) mass is 534 g/mol. The molecule has 2 aromatic carbocycles. The standard InChI is InChI=1S/C30H38N4O3S/c1-9-15-38-28-31-26-24(32-33-28)19-13-11-12-14-22(19)34(23(35)10-2)27(37-26)18-16-20(29(3,4)5)25(36)21(17-18)30(6,7)8/h11-14,16-17,27,36H,9-10,15H2,1-8H3/t27-/m1/s1. The predicted octanol–water partition coefficient (Wildman–Crippen LogP) is 7.18. The minimum Gasteiger partial charge on any atom is -0.507 e. The summed E-state index contributed by atoms with van der Waals surface area (Å²) in [4.78, 5) is 20.0. The largest absolute Gasteiger partial charge is 0.507 e. The molecule has 1 N–H and O–H groups in total. The molecule has 1 aliphatic rings. The van der Waals surface area contributed by atoms with Crippen molar-refractivity contribution in [1.29, 1.82) is 0 Å². The van der Waals surface area contributed by atoms with E-state index in [1.165, 1.54) is 11.8 Å². The van der Waals surface area contributed by atoms with Gasteiger partial charge >= 0.3 is 0 Å². The van der Waals surface area contributed by atoms with Crippen molar-refractivity contribution in [2.75, 3.05) is 10.7 Å². The average molecular weight is 535 g/mol. The number of hydrogen-bond donors (Lipinski definition) is 1. The van der Waals surface area contributed by atoms with Crippen molar-refractivity contribution in [3.05, 3.63) is 53.1 Å². The first-order chi connectivity index (χ1) is 17.9. The molecule has 3 aromatic rings. The maximum Gasteiger partial charge on any atom is 0.247 e. The highest BCUT2D eigenvalue weighted by Gasteiger charge is 2.37. The Morgan fingerprint density at radius 1 is 1.03 bits per heavy atom. The first-order valence-electron chi connectivity index (χ1n) is 13.2. The summed E-state index contributed by atoms with van der Waals surface area (Å²) in [6.45, 7) is 16.4. The molecular formula is C30H38N4O3S. The van der Waals surface area contributed by atoms with Crippen LogP contribution in [0.4, 0.5) is 5.69 Å². The summed E-state index contributed by atoms with van der Waals surface area (Å²) in [6, 6.07) is 11.6. The Labute approximate surface area is 230 Å². The summed E-state index contributed by atoms with van der Waals surface area (Å²) < 4.78 is 6.65. The zero-order valence-corrected chi connectivity index (χ0v) is 24.4. The molecule has 38 heavy (non-hydrogen) atoms. The number of aromatic nitrogens is 3. The number of ether oxygens (including phenoxy) is 1. The molecule has 2 heterocycles. The van der Waals surface area contributed by atoms with Crippen LogP contribution >= 0.6 is 11.8 Å². The zero-order valence-electron chi connectivity index (χ0n) is 23.6. The van der Waals surface area contributed by atoms with Crippen molar-refractivity contribution in [3.8, 4) is 22.9 Å². The molecule has 1 aliphatic heterocycles. The van der Waals surface area contributed by atoms with Crippen LogP contribution in [-0.4, -0.2) is 31.9 Å². The van der Waals surface area contributed by atoms with Crippen LogP contribution in [0.2, 0.25) is 0 Å². The molecule has 7 nitrogen and oxygen atoms in total.